The molecule has 0 bridgehead atoms. The van der Waals surface area contributed by atoms with Gasteiger partial charge < -0.3 is 19.7 Å². The van der Waals surface area contributed by atoms with Gasteiger partial charge in [0.05, 0.1) is 18.8 Å². The Hall–Kier alpha value is -3.36. The van der Waals surface area contributed by atoms with E-state index in [-0.39, 0.29) is 47.9 Å². The number of carbonyl (C=O) groups is 1. The van der Waals surface area contributed by atoms with Crippen LogP contribution in [0, 0.1) is 43.2 Å². The van der Waals surface area contributed by atoms with Crippen LogP contribution in [0.3, 0.4) is 0 Å². The third-order valence-corrected chi connectivity index (χ3v) is 8.86. The van der Waals surface area contributed by atoms with Crippen LogP contribution in [0.1, 0.15) is 53.5 Å². The van der Waals surface area contributed by atoms with E-state index in [4.69, 9.17) is 9.47 Å². The number of aliphatic hydroxyl groups excluding tert-OH is 1. The first-order chi connectivity index (χ1) is 19.1. The van der Waals surface area contributed by atoms with Crippen LogP contribution in [0.2, 0.25) is 0 Å². The number of Topliss-reactive ketones (excluding diaryl/α,β-unsaturated/α-hetero) is 1. The lowest BCUT2D eigenvalue weighted by Gasteiger charge is -2.42. The quantitative estimate of drug-likeness (QED) is 0.381. The maximum atomic E-state index is 15.0. The number of ketones is 1. The number of aryl methyl sites for hydroxylation is 2. The van der Waals surface area contributed by atoms with Crippen molar-refractivity contribution in [2.24, 2.45) is 17.8 Å². The minimum absolute atomic E-state index is 0.102. The number of ether oxygens (including phenoxy) is 2. The highest BCUT2D eigenvalue weighted by Gasteiger charge is 2.58. The van der Waals surface area contributed by atoms with Gasteiger partial charge >= 0.3 is 0 Å². The van der Waals surface area contributed by atoms with Crippen LogP contribution >= 0.6 is 0 Å². The molecule has 0 spiro atoms. The molecule has 3 aromatic rings. The van der Waals surface area contributed by atoms with Gasteiger partial charge in [-0.05, 0) is 104 Å². The fraction of sp³-hybridized carbons (Fsp3) is 0.438. The topological polar surface area (TPSA) is 88.9 Å². The Labute approximate surface area is 232 Å². The zero-order valence-electron chi connectivity index (χ0n) is 22.8. The predicted octanol–water partition coefficient (Wildman–Crippen LogP) is 5.21. The van der Waals surface area contributed by atoms with E-state index in [1.54, 1.807) is 13.1 Å². The van der Waals surface area contributed by atoms with Gasteiger partial charge in [-0.2, -0.15) is 0 Å². The normalized spacial score (nSPS) is 26.1. The van der Waals surface area contributed by atoms with E-state index in [0.717, 1.165) is 34.7 Å². The highest BCUT2D eigenvalue weighted by molar-refractivity contribution is 5.84. The third kappa shape index (κ3) is 4.77. The molecule has 0 radical (unpaired) electrons. The molecular formula is C32H33F2NO5. The van der Waals surface area contributed by atoms with Gasteiger partial charge in [-0.3, -0.25) is 4.79 Å². The second-order valence-corrected chi connectivity index (χ2v) is 11.9. The largest absolute Gasteiger partial charge is 0.493 e. The van der Waals surface area contributed by atoms with Gasteiger partial charge in [0.2, 0.25) is 5.88 Å². The number of halogens is 2. The first kappa shape index (κ1) is 26.8. The van der Waals surface area contributed by atoms with Crippen LogP contribution in [-0.4, -0.2) is 39.8 Å². The molecule has 3 atom stereocenters. The van der Waals surface area contributed by atoms with Crippen LogP contribution in [0.25, 0.3) is 11.1 Å². The zero-order chi connectivity index (χ0) is 28.3. The summed E-state index contributed by atoms with van der Waals surface area (Å²) < 4.78 is 41.6. The second-order valence-electron chi connectivity index (χ2n) is 11.9. The Bertz CT molecular complexity index is 1480. The summed E-state index contributed by atoms with van der Waals surface area (Å²) in [5.74, 6) is 0.784. The Morgan fingerprint density at radius 1 is 1.07 bits per heavy atom. The molecule has 1 aromatic heterocycles. The van der Waals surface area contributed by atoms with E-state index in [1.807, 2.05) is 32.0 Å². The average molecular weight is 550 g/mol. The number of fused-ring (bicyclic) bond motifs is 3. The highest BCUT2D eigenvalue weighted by Crippen LogP contribution is 2.61. The average Bonchev–Trinajstić information content (AvgIpc) is 3.48. The fourth-order valence-corrected chi connectivity index (χ4v) is 6.86. The van der Waals surface area contributed by atoms with Crippen LogP contribution in [0.15, 0.2) is 36.5 Å². The van der Waals surface area contributed by atoms with Crippen LogP contribution in [0.5, 0.6) is 11.6 Å². The van der Waals surface area contributed by atoms with Crippen molar-refractivity contribution >= 4 is 5.78 Å². The molecule has 2 aromatic carbocycles. The van der Waals surface area contributed by atoms with Crippen molar-refractivity contribution in [3.8, 4) is 22.8 Å². The Balaban J connectivity index is 1.15. The molecule has 3 aliphatic carbocycles. The van der Waals surface area contributed by atoms with Gasteiger partial charge in [0.1, 0.15) is 29.8 Å². The smallest absolute Gasteiger partial charge is 0.213 e. The number of aromatic nitrogens is 1. The lowest BCUT2D eigenvalue weighted by atomic mass is 9.72. The molecule has 1 heterocycles. The first-order valence-electron chi connectivity index (χ1n) is 13.7. The molecular weight excluding hydrogens is 516 g/mol. The molecule has 0 unspecified atom stereocenters. The number of rotatable bonds is 9. The van der Waals surface area contributed by atoms with Crippen molar-refractivity contribution in [1.29, 1.82) is 0 Å². The summed E-state index contributed by atoms with van der Waals surface area (Å²) in [5, 5.41) is 19.2. The summed E-state index contributed by atoms with van der Waals surface area (Å²) in [5.41, 5.74) is 3.97. The summed E-state index contributed by atoms with van der Waals surface area (Å²) in [6, 6.07) is 7.90. The molecule has 8 heteroatoms. The lowest BCUT2D eigenvalue weighted by Crippen LogP contribution is -2.48. The van der Waals surface area contributed by atoms with Gasteiger partial charge in [0.25, 0.3) is 0 Å². The first-order valence-corrected chi connectivity index (χ1v) is 13.7. The van der Waals surface area contributed by atoms with Gasteiger partial charge in [-0.1, -0.05) is 0 Å². The molecule has 0 saturated heterocycles. The van der Waals surface area contributed by atoms with Crippen molar-refractivity contribution in [3.05, 3.63) is 76.0 Å². The summed E-state index contributed by atoms with van der Waals surface area (Å²) >= 11 is 0. The van der Waals surface area contributed by atoms with Crippen LogP contribution in [-0.2, 0) is 17.8 Å². The number of hydrogen-bond acceptors (Lipinski definition) is 6. The maximum absolute atomic E-state index is 15.0. The standard InChI is InChI=1S/C32H33F2NO5/c1-16-4-22(39-13-19-10-32(38,11-19)15-36)5-17(2)29(16)23-7-21(26(33)9-27(23)34)14-40-28-8-20-6-24-30(18(3)37)31(24)25(20)12-35-28/h4-5,7-9,12,19,24,30-31,36,38H,6,10-11,13-15H2,1-3H3/t19?,24-,30-,31+,32?/m0/s1. The fourth-order valence-electron chi connectivity index (χ4n) is 6.86. The molecule has 0 aliphatic heterocycles. The molecule has 2 N–H and O–H groups in total. The molecule has 2 saturated carbocycles. The molecule has 6 rings (SSSR count). The third-order valence-electron chi connectivity index (χ3n) is 8.86. The van der Waals surface area contributed by atoms with E-state index in [2.05, 4.69) is 4.98 Å². The Morgan fingerprint density at radius 3 is 2.48 bits per heavy atom. The van der Waals surface area contributed by atoms with Gasteiger partial charge in [-0.15, -0.1) is 0 Å². The van der Waals surface area contributed by atoms with Crippen molar-refractivity contribution in [2.45, 2.75) is 58.2 Å². The minimum atomic E-state index is -0.998. The van der Waals surface area contributed by atoms with Gasteiger partial charge in [-0.25, -0.2) is 13.8 Å². The number of pyridine rings is 1. The zero-order valence-corrected chi connectivity index (χ0v) is 22.8. The van der Waals surface area contributed by atoms with E-state index in [0.29, 0.717) is 42.6 Å². The number of aliphatic hydroxyl groups is 2. The number of carbonyl (C=O) groups excluding carboxylic acids is 1. The summed E-state index contributed by atoms with van der Waals surface area (Å²) in [6.45, 7) is 5.42. The molecule has 2 fully saturated rings. The van der Waals surface area contributed by atoms with E-state index in [9.17, 15) is 19.4 Å². The molecule has 6 nitrogen and oxygen atoms in total. The summed E-state index contributed by atoms with van der Waals surface area (Å²) in [4.78, 5) is 16.2. The Morgan fingerprint density at radius 2 is 1.80 bits per heavy atom. The summed E-state index contributed by atoms with van der Waals surface area (Å²) in [6.07, 6.45) is 3.57. The van der Waals surface area contributed by atoms with E-state index in [1.165, 1.54) is 6.07 Å². The van der Waals surface area contributed by atoms with Gasteiger partial charge in [0.15, 0.2) is 0 Å². The summed E-state index contributed by atoms with van der Waals surface area (Å²) in [7, 11) is 0. The van der Waals surface area contributed by atoms with Crippen molar-refractivity contribution in [2.75, 3.05) is 13.2 Å². The highest BCUT2D eigenvalue weighted by atomic mass is 19.1. The monoisotopic (exact) mass is 549 g/mol. The minimum Gasteiger partial charge on any atom is -0.493 e. The Kier molecular flexibility index (Phi) is 6.66. The van der Waals surface area contributed by atoms with Crippen LogP contribution < -0.4 is 9.47 Å². The second kappa shape index (κ2) is 9.93. The lowest BCUT2D eigenvalue weighted by molar-refractivity contribution is -0.118. The van der Waals surface area contributed by atoms with Crippen molar-refractivity contribution in [1.82, 2.24) is 4.98 Å². The molecule has 210 valence electrons. The van der Waals surface area contributed by atoms with Crippen LogP contribution in [0.4, 0.5) is 8.78 Å². The van der Waals surface area contributed by atoms with Crippen molar-refractivity contribution in [3.63, 3.8) is 0 Å². The molecule has 40 heavy (non-hydrogen) atoms. The maximum Gasteiger partial charge on any atom is 0.213 e. The molecule has 0 amide bonds. The SMILES string of the molecule is CC(=O)[C@H]1[C@@H]2Cc3cc(OCc4cc(-c5c(C)cc(OCC6CC(O)(CO)C6)cc5C)c(F)cc4F)ncc3[C@@H]21. The van der Waals surface area contributed by atoms with E-state index < -0.39 is 17.2 Å². The van der Waals surface area contributed by atoms with Gasteiger partial charge in [0, 0.05) is 35.4 Å². The molecule has 3 aliphatic rings. The van der Waals surface area contributed by atoms with E-state index >= 15 is 4.39 Å². The predicted molar refractivity (Wildman–Crippen MR) is 144 cm³/mol. The number of hydrogen-bond donors (Lipinski definition) is 2. The number of benzene rings is 2. The van der Waals surface area contributed by atoms with Crippen molar-refractivity contribution < 1.29 is 33.3 Å². The number of nitrogens with zero attached hydrogens (tertiary/aromatic N) is 1.